The van der Waals surface area contributed by atoms with Gasteiger partial charge in [0.15, 0.2) is 5.69 Å². The summed E-state index contributed by atoms with van der Waals surface area (Å²) in [5, 5.41) is 7.17. The minimum atomic E-state index is -0.339. The van der Waals surface area contributed by atoms with Gasteiger partial charge in [0.1, 0.15) is 5.82 Å². The Balaban J connectivity index is 1.37. The van der Waals surface area contributed by atoms with E-state index in [1.165, 1.54) is 28.1 Å². The van der Waals surface area contributed by atoms with Crippen LogP contribution < -0.4 is 10.2 Å². The van der Waals surface area contributed by atoms with Crippen LogP contribution in [0.5, 0.6) is 0 Å². The Labute approximate surface area is 157 Å². The van der Waals surface area contributed by atoms with E-state index in [0.29, 0.717) is 24.0 Å². The predicted molar refractivity (Wildman–Crippen MR) is 103 cm³/mol. The van der Waals surface area contributed by atoms with Gasteiger partial charge < -0.3 is 10.2 Å². The zero-order valence-electron chi connectivity index (χ0n) is 15.1. The van der Waals surface area contributed by atoms with Crippen molar-refractivity contribution in [2.24, 2.45) is 0 Å². The molecule has 0 unspecified atom stereocenters. The number of rotatable bonds is 5. The number of hydrogen-bond donors (Lipinski definition) is 1. The van der Waals surface area contributed by atoms with Crippen molar-refractivity contribution in [1.82, 2.24) is 15.1 Å². The Bertz CT molecular complexity index is 968. The van der Waals surface area contributed by atoms with E-state index in [1.807, 2.05) is 6.07 Å². The first kappa shape index (κ1) is 17.3. The van der Waals surface area contributed by atoms with E-state index in [4.69, 9.17) is 0 Å². The number of carbonyl (C=O) groups excluding carboxylic acids is 1. The second-order valence-corrected chi connectivity index (χ2v) is 6.76. The van der Waals surface area contributed by atoms with Crippen molar-refractivity contribution >= 4 is 11.6 Å². The summed E-state index contributed by atoms with van der Waals surface area (Å²) in [5.41, 5.74) is 3.49. The van der Waals surface area contributed by atoms with Gasteiger partial charge in [0.25, 0.3) is 5.91 Å². The molecule has 0 saturated carbocycles. The molecule has 0 saturated heterocycles. The van der Waals surface area contributed by atoms with E-state index < -0.39 is 0 Å². The van der Waals surface area contributed by atoms with Crippen LogP contribution in [0.2, 0.25) is 0 Å². The molecule has 1 aliphatic heterocycles. The largest absolute Gasteiger partial charge is 0.367 e. The highest BCUT2D eigenvalue weighted by molar-refractivity contribution is 5.92. The maximum absolute atomic E-state index is 13.3. The Hall–Kier alpha value is -3.15. The SMILES string of the molecule is C[C@@H]1Cc2ccccc2N1CCNC(=O)c1ccn(-c2cccc(F)c2)n1. The quantitative estimate of drug-likeness (QED) is 0.756. The monoisotopic (exact) mass is 364 g/mol. The van der Waals surface area contributed by atoms with E-state index in [0.717, 1.165) is 13.0 Å². The van der Waals surface area contributed by atoms with E-state index in [-0.39, 0.29) is 11.7 Å². The van der Waals surface area contributed by atoms with Crippen LogP contribution in [-0.4, -0.2) is 34.8 Å². The van der Waals surface area contributed by atoms with E-state index >= 15 is 0 Å². The third-order valence-corrected chi connectivity index (χ3v) is 4.88. The lowest BCUT2D eigenvalue weighted by Crippen LogP contribution is -2.38. The molecule has 0 bridgehead atoms. The molecule has 0 aliphatic carbocycles. The molecule has 27 heavy (non-hydrogen) atoms. The van der Waals surface area contributed by atoms with Crippen molar-refractivity contribution in [1.29, 1.82) is 0 Å². The summed E-state index contributed by atoms with van der Waals surface area (Å²) in [6.07, 6.45) is 2.69. The van der Waals surface area contributed by atoms with Crippen molar-refractivity contribution < 1.29 is 9.18 Å². The van der Waals surface area contributed by atoms with Gasteiger partial charge in [-0.05, 0) is 49.2 Å². The minimum absolute atomic E-state index is 0.231. The van der Waals surface area contributed by atoms with Crippen molar-refractivity contribution in [2.45, 2.75) is 19.4 Å². The van der Waals surface area contributed by atoms with Crippen LogP contribution in [0.25, 0.3) is 5.69 Å². The molecule has 4 rings (SSSR count). The smallest absolute Gasteiger partial charge is 0.271 e. The molecule has 1 aliphatic rings. The molecule has 0 radical (unpaired) electrons. The first-order valence-corrected chi connectivity index (χ1v) is 9.06. The highest BCUT2D eigenvalue weighted by Gasteiger charge is 2.25. The van der Waals surface area contributed by atoms with Crippen LogP contribution in [0.3, 0.4) is 0 Å². The topological polar surface area (TPSA) is 50.2 Å². The van der Waals surface area contributed by atoms with Gasteiger partial charge in [0, 0.05) is 31.0 Å². The van der Waals surface area contributed by atoms with Crippen LogP contribution in [-0.2, 0) is 6.42 Å². The van der Waals surface area contributed by atoms with Crippen LogP contribution >= 0.6 is 0 Å². The number of aromatic nitrogens is 2. The van der Waals surface area contributed by atoms with Crippen molar-refractivity contribution in [3.05, 3.63) is 77.9 Å². The third-order valence-electron chi connectivity index (χ3n) is 4.88. The molecule has 6 heteroatoms. The summed E-state index contributed by atoms with van der Waals surface area (Å²) in [6.45, 7) is 3.47. The standard InChI is InChI=1S/C21H21FN4O/c1-15-13-16-5-2-3-8-20(16)25(15)12-10-23-21(27)19-9-11-26(24-19)18-7-4-6-17(22)14-18/h2-9,11,14-15H,10,12-13H2,1H3,(H,23,27)/t15-/m1/s1. The fourth-order valence-electron chi connectivity index (χ4n) is 3.56. The van der Waals surface area contributed by atoms with Gasteiger partial charge in [-0.1, -0.05) is 24.3 Å². The molecule has 3 aromatic rings. The average Bonchev–Trinajstić information content (AvgIpc) is 3.27. The second-order valence-electron chi connectivity index (χ2n) is 6.76. The molecule has 1 atom stereocenters. The van der Waals surface area contributed by atoms with Crippen molar-refractivity contribution in [2.75, 3.05) is 18.0 Å². The van der Waals surface area contributed by atoms with Gasteiger partial charge in [-0.15, -0.1) is 0 Å². The number of hydrogen-bond acceptors (Lipinski definition) is 3. The summed E-state index contributed by atoms with van der Waals surface area (Å²) in [7, 11) is 0. The van der Waals surface area contributed by atoms with E-state index in [1.54, 1.807) is 24.4 Å². The van der Waals surface area contributed by atoms with Gasteiger partial charge >= 0.3 is 0 Å². The molecule has 1 N–H and O–H groups in total. The van der Waals surface area contributed by atoms with Gasteiger partial charge in [-0.3, -0.25) is 4.79 Å². The molecular formula is C21H21FN4O. The van der Waals surface area contributed by atoms with E-state index in [2.05, 4.69) is 40.4 Å². The summed E-state index contributed by atoms with van der Waals surface area (Å²) < 4.78 is 14.8. The number of nitrogens with one attached hydrogen (secondary N) is 1. The van der Waals surface area contributed by atoms with E-state index in [9.17, 15) is 9.18 Å². The van der Waals surface area contributed by atoms with Crippen LogP contribution in [0.15, 0.2) is 60.8 Å². The number of para-hydroxylation sites is 1. The Morgan fingerprint density at radius 3 is 2.93 bits per heavy atom. The molecular weight excluding hydrogens is 343 g/mol. The molecule has 2 heterocycles. The summed E-state index contributed by atoms with van der Waals surface area (Å²) >= 11 is 0. The van der Waals surface area contributed by atoms with Gasteiger partial charge in [-0.25, -0.2) is 9.07 Å². The molecule has 1 amide bonds. The number of nitrogens with zero attached hydrogens (tertiary/aromatic N) is 3. The summed E-state index contributed by atoms with van der Waals surface area (Å²) in [5.74, 6) is -0.570. The second kappa shape index (κ2) is 7.23. The van der Waals surface area contributed by atoms with Crippen molar-refractivity contribution in [3.8, 4) is 5.69 Å². The number of amides is 1. The average molecular weight is 364 g/mol. The fraction of sp³-hybridized carbons (Fsp3) is 0.238. The normalized spacial score (nSPS) is 15.6. The van der Waals surface area contributed by atoms with Crippen LogP contribution in [0.1, 0.15) is 23.0 Å². The highest BCUT2D eigenvalue weighted by atomic mass is 19.1. The Morgan fingerprint density at radius 2 is 2.07 bits per heavy atom. The first-order chi connectivity index (χ1) is 13.1. The summed E-state index contributed by atoms with van der Waals surface area (Å²) in [6, 6.07) is 16.5. The lowest BCUT2D eigenvalue weighted by atomic mass is 10.1. The molecule has 138 valence electrons. The third kappa shape index (κ3) is 3.56. The Morgan fingerprint density at radius 1 is 1.22 bits per heavy atom. The highest BCUT2D eigenvalue weighted by Crippen LogP contribution is 2.31. The first-order valence-electron chi connectivity index (χ1n) is 9.06. The lowest BCUT2D eigenvalue weighted by molar-refractivity contribution is 0.0949. The van der Waals surface area contributed by atoms with Crippen molar-refractivity contribution in [3.63, 3.8) is 0 Å². The molecule has 0 fully saturated rings. The predicted octanol–water partition coefficient (Wildman–Crippen LogP) is 3.19. The molecule has 2 aromatic carbocycles. The van der Waals surface area contributed by atoms with Crippen LogP contribution in [0.4, 0.5) is 10.1 Å². The van der Waals surface area contributed by atoms with Gasteiger partial charge in [0.05, 0.1) is 5.69 Å². The Kier molecular flexibility index (Phi) is 4.62. The number of benzene rings is 2. The van der Waals surface area contributed by atoms with Gasteiger partial charge in [-0.2, -0.15) is 5.10 Å². The maximum Gasteiger partial charge on any atom is 0.271 e. The lowest BCUT2D eigenvalue weighted by Gasteiger charge is -2.24. The molecule has 5 nitrogen and oxygen atoms in total. The zero-order chi connectivity index (χ0) is 18.8. The number of carbonyl (C=O) groups is 1. The molecule has 0 spiro atoms. The number of halogens is 1. The van der Waals surface area contributed by atoms with Crippen LogP contribution in [0, 0.1) is 5.82 Å². The zero-order valence-corrected chi connectivity index (χ0v) is 15.1. The maximum atomic E-state index is 13.3. The number of fused-ring (bicyclic) bond motifs is 1. The number of anilines is 1. The molecule has 1 aromatic heterocycles. The summed E-state index contributed by atoms with van der Waals surface area (Å²) in [4.78, 5) is 14.7. The van der Waals surface area contributed by atoms with Gasteiger partial charge in [0.2, 0.25) is 0 Å². The minimum Gasteiger partial charge on any atom is -0.367 e. The fourth-order valence-corrected chi connectivity index (χ4v) is 3.56.